The van der Waals surface area contributed by atoms with Crippen molar-refractivity contribution in [3.05, 3.63) is 53.1 Å². The molecule has 0 saturated heterocycles. The third-order valence-corrected chi connectivity index (χ3v) is 4.05. The molecular formula is C21H26N2O5. The van der Waals surface area contributed by atoms with Crippen molar-refractivity contribution in [2.75, 3.05) is 27.9 Å². The Balaban J connectivity index is 2.16. The molecule has 2 rings (SSSR count). The molecule has 0 atom stereocenters. The number of amides is 1. The Bertz CT molecular complexity index is 849. The number of ether oxygens (including phenoxy) is 4. The molecule has 0 saturated carbocycles. The number of carbonyl (C=O) groups is 1. The van der Waals surface area contributed by atoms with Crippen LogP contribution in [0.2, 0.25) is 0 Å². The number of hydrazone groups is 1. The molecule has 7 nitrogen and oxygen atoms in total. The molecule has 0 heterocycles. The predicted molar refractivity (Wildman–Crippen MR) is 108 cm³/mol. The predicted octanol–water partition coefficient (Wildman–Crippen LogP) is 3.40. The number of methoxy groups -OCH3 is 3. The Morgan fingerprint density at radius 1 is 0.964 bits per heavy atom. The monoisotopic (exact) mass is 386 g/mol. The minimum absolute atomic E-state index is 0.341. The minimum Gasteiger partial charge on any atom is -0.496 e. The maximum Gasteiger partial charge on any atom is 0.271 e. The van der Waals surface area contributed by atoms with Crippen LogP contribution in [0.4, 0.5) is 0 Å². The van der Waals surface area contributed by atoms with E-state index in [0.29, 0.717) is 36.0 Å². The van der Waals surface area contributed by atoms with Crippen LogP contribution in [0.5, 0.6) is 17.2 Å². The van der Waals surface area contributed by atoms with Gasteiger partial charge in [-0.25, -0.2) is 5.43 Å². The van der Waals surface area contributed by atoms with Gasteiger partial charge in [-0.2, -0.15) is 5.10 Å². The van der Waals surface area contributed by atoms with Crippen LogP contribution < -0.4 is 19.6 Å². The van der Waals surface area contributed by atoms with Gasteiger partial charge >= 0.3 is 0 Å². The summed E-state index contributed by atoms with van der Waals surface area (Å²) in [4.78, 5) is 12.4. The standard InChI is InChI=1S/C21H26N2O5/c1-6-28-19-10-8-16(12-20(19)27-5)21(24)23-22-14(2)15-7-9-18(26-4)17(11-15)13-25-3/h7-12H,6,13H2,1-5H3,(H,23,24)/b22-14-. The van der Waals surface area contributed by atoms with Crippen molar-refractivity contribution in [2.24, 2.45) is 5.10 Å². The Hall–Kier alpha value is -3.06. The van der Waals surface area contributed by atoms with E-state index < -0.39 is 0 Å². The fraction of sp³-hybridized carbons (Fsp3) is 0.333. The Morgan fingerprint density at radius 2 is 1.64 bits per heavy atom. The molecule has 2 aromatic rings. The molecule has 0 aliphatic rings. The van der Waals surface area contributed by atoms with Crippen molar-refractivity contribution in [2.45, 2.75) is 20.5 Å². The fourth-order valence-corrected chi connectivity index (χ4v) is 2.62. The minimum atomic E-state index is -0.341. The molecule has 7 heteroatoms. The first kappa shape index (κ1) is 21.2. The first-order valence-corrected chi connectivity index (χ1v) is 8.85. The second kappa shape index (κ2) is 10.3. The van der Waals surface area contributed by atoms with Gasteiger partial charge < -0.3 is 18.9 Å². The molecule has 0 aliphatic carbocycles. The first-order valence-electron chi connectivity index (χ1n) is 8.85. The summed E-state index contributed by atoms with van der Waals surface area (Å²) in [6.07, 6.45) is 0. The van der Waals surface area contributed by atoms with Gasteiger partial charge in [0.1, 0.15) is 5.75 Å². The first-order chi connectivity index (χ1) is 13.5. The number of rotatable bonds is 9. The quantitative estimate of drug-likeness (QED) is 0.528. The number of hydrogen-bond donors (Lipinski definition) is 1. The van der Waals surface area contributed by atoms with Crippen molar-refractivity contribution in [1.82, 2.24) is 5.43 Å². The highest BCUT2D eigenvalue weighted by Crippen LogP contribution is 2.28. The van der Waals surface area contributed by atoms with Crippen molar-refractivity contribution in [3.8, 4) is 17.2 Å². The molecule has 1 amide bonds. The highest BCUT2D eigenvalue weighted by atomic mass is 16.5. The molecule has 0 radical (unpaired) electrons. The molecule has 0 bridgehead atoms. The van der Waals surface area contributed by atoms with Crippen molar-refractivity contribution >= 4 is 11.6 Å². The Morgan fingerprint density at radius 3 is 2.29 bits per heavy atom. The molecule has 0 spiro atoms. The van der Waals surface area contributed by atoms with Gasteiger partial charge in [0.25, 0.3) is 5.91 Å². The smallest absolute Gasteiger partial charge is 0.271 e. The lowest BCUT2D eigenvalue weighted by molar-refractivity contribution is 0.0954. The van der Waals surface area contributed by atoms with Crippen LogP contribution in [0.25, 0.3) is 0 Å². The fourth-order valence-electron chi connectivity index (χ4n) is 2.62. The summed E-state index contributed by atoms with van der Waals surface area (Å²) in [6, 6.07) is 10.6. The summed E-state index contributed by atoms with van der Waals surface area (Å²) in [5.74, 6) is 1.48. The third-order valence-electron chi connectivity index (χ3n) is 4.05. The maximum absolute atomic E-state index is 12.4. The summed E-state index contributed by atoms with van der Waals surface area (Å²) in [5, 5.41) is 4.21. The summed E-state index contributed by atoms with van der Waals surface area (Å²) >= 11 is 0. The van der Waals surface area contributed by atoms with E-state index in [0.717, 1.165) is 16.9 Å². The normalized spacial score (nSPS) is 11.1. The van der Waals surface area contributed by atoms with E-state index in [1.165, 1.54) is 7.11 Å². The topological polar surface area (TPSA) is 78.4 Å². The molecule has 0 aliphatic heterocycles. The average Bonchev–Trinajstić information content (AvgIpc) is 2.72. The van der Waals surface area contributed by atoms with Crippen molar-refractivity contribution in [1.29, 1.82) is 0 Å². The van der Waals surface area contributed by atoms with Gasteiger partial charge in [-0.05, 0) is 55.8 Å². The van der Waals surface area contributed by atoms with Gasteiger partial charge in [-0.1, -0.05) is 0 Å². The van der Waals surface area contributed by atoms with Gasteiger partial charge in [0, 0.05) is 18.2 Å². The van der Waals surface area contributed by atoms with E-state index in [-0.39, 0.29) is 5.91 Å². The number of nitrogens with zero attached hydrogens (tertiary/aromatic N) is 1. The van der Waals surface area contributed by atoms with Crippen LogP contribution in [-0.2, 0) is 11.3 Å². The highest BCUT2D eigenvalue weighted by Gasteiger charge is 2.11. The van der Waals surface area contributed by atoms with Crippen molar-refractivity contribution in [3.63, 3.8) is 0 Å². The maximum atomic E-state index is 12.4. The lowest BCUT2D eigenvalue weighted by Gasteiger charge is -2.11. The summed E-state index contributed by atoms with van der Waals surface area (Å²) in [5.41, 5.74) is 5.41. The Kier molecular flexibility index (Phi) is 7.83. The van der Waals surface area contributed by atoms with Crippen LogP contribution in [0.1, 0.15) is 35.3 Å². The molecule has 150 valence electrons. The van der Waals surface area contributed by atoms with E-state index in [2.05, 4.69) is 10.5 Å². The van der Waals surface area contributed by atoms with Crippen LogP contribution in [0.3, 0.4) is 0 Å². The Labute approximate surface area is 165 Å². The van der Waals surface area contributed by atoms with E-state index in [4.69, 9.17) is 18.9 Å². The molecule has 2 aromatic carbocycles. The van der Waals surface area contributed by atoms with Crippen LogP contribution in [-0.4, -0.2) is 39.6 Å². The van der Waals surface area contributed by atoms with E-state index >= 15 is 0 Å². The van der Waals surface area contributed by atoms with Crippen LogP contribution in [0.15, 0.2) is 41.5 Å². The largest absolute Gasteiger partial charge is 0.496 e. The van der Waals surface area contributed by atoms with E-state index in [1.54, 1.807) is 32.4 Å². The summed E-state index contributed by atoms with van der Waals surface area (Å²) in [7, 11) is 4.77. The van der Waals surface area contributed by atoms with Gasteiger partial charge in [-0.3, -0.25) is 4.79 Å². The molecule has 28 heavy (non-hydrogen) atoms. The summed E-state index contributed by atoms with van der Waals surface area (Å²) < 4.78 is 21.3. The van der Waals surface area contributed by atoms with Crippen LogP contribution in [0, 0.1) is 0 Å². The van der Waals surface area contributed by atoms with Crippen molar-refractivity contribution < 1.29 is 23.7 Å². The zero-order valence-corrected chi connectivity index (χ0v) is 16.9. The van der Waals surface area contributed by atoms with Gasteiger partial charge in [0.2, 0.25) is 0 Å². The van der Waals surface area contributed by atoms with E-state index in [1.807, 2.05) is 32.0 Å². The summed E-state index contributed by atoms with van der Waals surface area (Å²) in [6.45, 7) is 4.63. The second-order valence-corrected chi connectivity index (χ2v) is 5.90. The molecule has 0 fully saturated rings. The number of benzene rings is 2. The van der Waals surface area contributed by atoms with E-state index in [9.17, 15) is 4.79 Å². The van der Waals surface area contributed by atoms with Crippen LogP contribution >= 0.6 is 0 Å². The highest BCUT2D eigenvalue weighted by molar-refractivity contribution is 6.01. The average molecular weight is 386 g/mol. The lowest BCUT2D eigenvalue weighted by atomic mass is 10.1. The van der Waals surface area contributed by atoms with Gasteiger partial charge in [-0.15, -0.1) is 0 Å². The van der Waals surface area contributed by atoms with Gasteiger partial charge in [0.05, 0.1) is 33.1 Å². The number of carbonyl (C=O) groups excluding carboxylic acids is 1. The number of nitrogens with one attached hydrogen (secondary N) is 1. The van der Waals surface area contributed by atoms with Gasteiger partial charge in [0.15, 0.2) is 11.5 Å². The zero-order chi connectivity index (χ0) is 20.5. The zero-order valence-electron chi connectivity index (χ0n) is 16.9. The molecule has 0 unspecified atom stereocenters. The SMILES string of the molecule is CCOc1ccc(C(=O)N/N=C(/C)c2ccc(OC)c(COC)c2)cc1OC. The lowest BCUT2D eigenvalue weighted by Crippen LogP contribution is -2.19. The molecular weight excluding hydrogens is 360 g/mol. The molecule has 1 N–H and O–H groups in total. The third kappa shape index (κ3) is 5.23. The molecule has 0 aromatic heterocycles. The second-order valence-electron chi connectivity index (χ2n) is 5.90. The number of hydrogen-bond acceptors (Lipinski definition) is 6.